The Bertz CT molecular complexity index is 574. The van der Waals surface area contributed by atoms with Crippen molar-refractivity contribution in [1.82, 2.24) is 14.8 Å². The molecule has 0 aliphatic rings. The third-order valence-corrected chi connectivity index (χ3v) is 3.94. The lowest BCUT2D eigenvalue weighted by Crippen LogP contribution is -2.19. The number of carboxylic acids is 1. The van der Waals surface area contributed by atoms with Crippen molar-refractivity contribution in [3.8, 4) is 0 Å². The van der Waals surface area contributed by atoms with Crippen LogP contribution in [0.2, 0.25) is 0 Å². The van der Waals surface area contributed by atoms with E-state index in [9.17, 15) is 18.0 Å². The minimum Gasteiger partial charge on any atom is -0.481 e. The van der Waals surface area contributed by atoms with Gasteiger partial charge in [0.1, 0.15) is 9.84 Å². The van der Waals surface area contributed by atoms with Crippen LogP contribution in [0.4, 0.5) is 0 Å². The molecule has 1 aromatic rings. The van der Waals surface area contributed by atoms with Crippen LogP contribution in [0.3, 0.4) is 0 Å². The van der Waals surface area contributed by atoms with Crippen LogP contribution in [0, 0.1) is 0 Å². The van der Waals surface area contributed by atoms with Gasteiger partial charge in [0.15, 0.2) is 5.16 Å². The summed E-state index contributed by atoms with van der Waals surface area (Å²) in [5, 5.41) is 14.7. The van der Waals surface area contributed by atoms with E-state index >= 15 is 0 Å². The van der Waals surface area contributed by atoms with Crippen LogP contribution in [0.1, 0.15) is 6.42 Å². The number of carbonyl (C=O) groups is 1. The smallest absolute Gasteiger partial charge is 0.343 e. The molecule has 0 unspecified atom stereocenters. The minimum absolute atomic E-state index is 0.0341. The SMILES string of the molecule is CS(=O)(=O)CCCn1c(SCC(=O)O)n[nH]c1=O. The lowest BCUT2D eigenvalue weighted by molar-refractivity contribution is -0.133. The molecule has 8 nitrogen and oxygen atoms in total. The van der Waals surface area contributed by atoms with Crippen LogP contribution in [0.5, 0.6) is 0 Å². The van der Waals surface area contributed by atoms with E-state index in [-0.39, 0.29) is 29.6 Å². The highest BCUT2D eigenvalue weighted by molar-refractivity contribution is 7.99. The molecule has 102 valence electrons. The van der Waals surface area contributed by atoms with Crippen LogP contribution >= 0.6 is 11.8 Å². The molecule has 18 heavy (non-hydrogen) atoms. The number of hydrogen-bond acceptors (Lipinski definition) is 6. The molecule has 1 rings (SSSR count). The Labute approximate surface area is 107 Å². The molecule has 0 aliphatic carbocycles. The van der Waals surface area contributed by atoms with E-state index in [0.29, 0.717) is 0 Å². The second-order valence-electron chi connectivity index (χ2n) is 3.63. The first-order valence-corrected chi connectivity index (χ1v) is 8.02. The predicted molar refractivity (Wildman–Crippen MR) is 65.5 cm³/mol. The Morgan fingerprint density at radius 2 is 2.22 bits per heavy atom. The molecule has 0 atom stereocenters. The van der Waals surface area contributed by atoms with E-state index < -0.39 is 21.5 Å². The molecule has 10 heteroatoms. The van der Waals surface area contributed by atoms with Crippen molar-refractivity contribution in [2.45, 2.75) is 18.1 Å². The van der Waals surface area contributed by atoms with Gasteiger partial charge in [0.05, 0.1) is 11.5 Å². The fourth-order valence-corrected chi connectivity index (χ4v) is 2.57. The number of H-pyrrole nitrogens is 1. The first kappa shape index (κ1) is 14.8. The Morgan fingerprint density at radius 1 is 1.56 bits per heavy atom. The van der Waals surface area contributed by atoms with Crippen molar-refractivity contribution in [2.75, 3.05) is 17.8 Å². The van der Waals surface area contributed by atoms with Gasteiger partial charge in [0.2, 0.25) is 0 Å². The highest BCUT2D eigenvalue weighted by Gasteiger charge is 2.11. The van der Waals surface area contributed by atoms with Gasteiger partial charge in [-0.1, -0.05) is 11.8 Å². The maximum atomic E-state index is 11.4. The number of aromatic nitrogens is 3. The molecule has 0 aromatic carbocycles. The zero-order valence-corrected chi connectivity index (χ0v) is 11.3. The lowest BCUT2D eigenvalue weighted by Gasteiger charge is -2.03. The summed E-state index contributed by atoms with van der Waals surface area (Å²) in [4.78, 5) is 21.8. The molecule has 0 fully saturated rings. The zero-order chi connectivity index (χ0) is 13.8. The average Bonchev–Trinajstić information content (AvgIpc) is 2.56. The number of rotatable bonds is 7. The summed E-state index contributed by atoms with van der Waals surface area (Å²) in [6, 6.07) is 0. The topological polar surface area (TPSA) is 122 Å². The third-order valence-electron chi connectivity index (χ3n) is 1.94. The van der Waals surface area contributed by atoms with Crippen LogP contribution in [0.25, 0.3) is 0 Å². The second-order valence-corrected chi connectivity index (χ2v) is 6.83. The van der Waals surface area contributed by atoms with Gasteiger partial charge in [-0.05, 0) is 6.42 Å². The van der Waals surface area contributed by atoms with Crippen molar-refractivity contribution < 1.29 is 18.3 Å². The number of thioether (sulfide) groups is 1. The Kier molecular flexibility index (Phi) is 4.96. The maximum absolute atomic E-state index is 11.4. The van der Waals surface area contributed by atoms with Crippen molar-refractivity contribution in [3.05, 3.63) is 10.5 Å². The fourth-order valence-electron chi connectivity index (χ4n) is 1.22. The highest BCUT2D eigenvalue weighted by Crippen LogP contribution is 2.12. The Hall–Kier alpha value is -1.29. The number of nitrogens with one attached hydrogen (secondary N) is 1. The monoisotopic (exact) mass is 295 g/mol. The molecule has 2 N–H and O–H groups in total. The second kappa shape index (κ2) is 6.05. The van der Waals surface area contributed by atoms with E-state index in [0.717, 1.165) is 18.0 Å². The van der Waals surface area contributed by atoms with Gasteiger partial charge < -0.3 is 5.11 Å². The van der Waals surface area contributed by atoms with Crippen LogP contribution in [0.15, 0.2) is 9.95 Å². The van der Waals surface area contributed by atoms with Gasteiger partial charge in [-0.25, -0.2) is 18.3 Å². The van der Waals surface area contributed by atoms with Gasteiger partial charge in [-0.2, -0.15) is 0 Å². The van der Waals surface area contributed by atoms with Gasteiger partial charge in [-0.3, -0.25) is 9.36 Å². The molecule has 1 aromatic heterocycles. The van der Waals surface area contributed by atoms with E-state index in [2.05, 4.69) is 10.2 Å². The summed E-state index contributed by atoms with van der Waals surface area (Å²) in [7, 11) is -3.08. The number of carboxylic acid groups (broad SMARTS) is 1. The molecule has 1 heterocycles. The summed E-state index contributed by atoms with van der Waals surface area (Å²) >= 11 is 0.906. The summed E-state index contributed by atoms with van der Waals surface area (Å²) in [6.45, 7) is 0.185. The van der Waals surface area contributed by atoms with Crippen LogP contribution in [-0.2, 0) is 21.2 Å². The highest BCUT2D eigenvalue weighted by atomic mass is 32.2. The first-order valence-electron chi connectivity index (χ1n) is 4.97. The molecular formula is C8H13N3O5S2. The van der Waals surface area contributed by atoms with Crippen molar-refractivity contribution in [3.63, 3.8) is 0 Å². The minimum atomic E-state index is -3.08. The van der Waals surface area contributed by atoms with Crippen molar-refractivity contribution >= 4 is 27.6 Å². The summed E-state index contributed by atoms with van der Waals surface area (Å²) < 4.78 is 23.1. The maximum Gasteiger partial charge on any atom is 0.343 e. The molecule has 0 saturated heterocycles. The Morgan fingerprint density at radius 3 is 2.78 bits per heavy atom. The van der Waals surface area contributed by atoms with Crippen LogP contribution < -0.4 is 5.69 Å². The van der Waals surface area contributed by atoms with Gasteiger partial charge >= 0.3 is 11.7 Å². The quantitative estimate of drug-likeness (QED) is 0.630. The van der Waals surface area contributed by atoms with E-state index in [1.807, 2.05) is 0 Å². The largest absolute Gasteiger partial charge is 0.481 e. The standard InChI is InChI=1S/C8H13N3O5S2/c1-18(15,16)4-2-3-11-7(14)9-10-8(11)17-5-6(12)13/h2-5H2,1H3,(H,9,14)(H,12,13). The normalized spacial score (nSPS) is 11.6. The number of aliphatic carboxylic acids is 1. The molecule has 0 amide bonds. The Balaban J connectivity index is 2.66. The van der Waals surface area contributed by atoms with Gasteiger partial charge in [0.25, 0.3) is 0 Å². The zero-order valence-electron chi connectivity index (χ0n) is 9.62. The van der Waals surface area contributed by atoms with Gasteiger partial charge in [0, 0.05) is 12.8 Å². The predicted octanol–water partition coefficient (Wildman–Crippen LogP) is -0.817. The van der Waals surface area contributed by atoms with E-state index in [4.69, 9.17) is 5.11 Å². The average molecular weight is 295 g/mol. The van der Waals surface area contributed by atoms with Gasteiger partial charge in [-0.15, -0.1) is 5.10 Å². The molecule has 0 spiro atoms. The first-order chi connectivity index (χ1) is 8.29. The van der Waals surface area contributed by atoms with E-state index in [1.165, 1.54) is 4.57 Å². The number of nitrogens with zero attached hydrogens (tertiary/aromatic N) is 2. The molecule has 0 saturated carbocycles. The van der Waals surface area contributed by atoms with E-state index in [1.54, 1.807) is 0 Å². The summed E-state index contributed by atoms with van der Waals surface area (Å²) in [5.74, 6) is -1.26. The third kappa shape index (κ3) is 4.92. The number of hydrogen-bond donors (Lipinski definition) is 2. The summed E-state index contributed by atoms with van der Waals surface area (Å²) in [5.41, 5.74) is -0.476. The van der Waals surface area contributed by atoms with Crippen LogP contribution in [-0.4, -0.2) is 52.0 Å². The number of aromatic amines is 1. The van der Waals surface area contributed by atoms with Crippen molar-refractivity contribution in [1.29, 1.82) is 0 Å². The molecule has 0 aliphatic heterocycles. The summed E-state index contributed by atoms with van der Waals surface area (Å²) in [6.07, 6.45) is 1.39. The lowest BCUT2D eigenvalue weighted by atomic mass is 10.5. The molecule has 0 radical (unpaired) electrons. The number of sulfone groups is 1. The van der Waals surface area contributed by atoms with Crippen molar-refractivity contribution in [2.24, 2.45) is 0 Å². The molecule has 0 bridgehead atoms. The fraction of sp³-hybridized carbons (Fsp3) is 0.625. The molecular weight excluding hydrogens is 282 g/mol.